The number of aromatic nitrogens is 2. The van der Waals surface area contributed by atoms with Crippen molar-refractivity contribution in [3.8, 4) is 0 Å². The first kappa shape index (κ1) is 16.4. The Morgan fingerprint density at radius 2 is 2.09 bits per heavy atom. The van der Waals surface area contributed by atoms with Crippen LogP contribution in [0.5, 0.6) is 0 Å². The van der Waals surface area contributed by atoms with Crippen LogP contribution in [-0.2, 0) is 11.3 Å². The molecule has 1 atom stereocenters. The van der Waals surface area contributed by atoms with E-state index in [9.17, 15) is 4.79 Å². The number of rotatable bonds is 6. The molecule has 2 N–H and O–H groups in total. The monoisotopic (exact) mass is 323 g/mol. The van der Waals surface area contributed by atoms with E-state index < -0.39 is 5.91 Å². The lowest BCUT2D eigenvalue weighted by atomic mass is 9.99. The third-order valence-corrected chi connectivity index (χ3v) is 4.66. The average molecular weight is 323 g/mol. The van der Waals surface area contributed by atoms with Crippen molar-refractivity contribution in [2.24, 2.45) is 5.73 Å². The molecule has 8 heteroatoms. The molecular formula is C15H25N5O3. The van der Waals surface area contributed by atoms with Gasteiger partial charge in [0.2, 0.25) is 5.89 Å². The average Bonchev–Trinajstić information content (AvgIpc) is 3.04. The highest BCUT2D eigenvalue weighted by molar-refractivity contribution is 5.88. The second kappa shape index (κ2) is 7.85. The molecule has 1 aromatic rings. The van der Waals surface area contributed by atoms with E-state index >= 15 is 0 Å². The van der Waals surface area contributed by atoms with E-state index in [-0.39, 0.29) is 5.82 Å². The van der Waals surface area contributed by atoms with Crippen LogP contribution in [0.2, 0.25) is 0 Å². The highest BCUT2D eigenvalue weighted by atomic mass is 16.5. The van der Waals surface area contributed by atoms with Gasteiger partial charge in [0.1, 0.15) is 0 Å². The molecule has 0 aliphatic carbocycles. The normalized spacial score (nSPS) is 23.9. The molecule has 0 spiro atoms. The van der Waals surface area contributed by atoms with Gasteiger partial charge in [0.25, 0.3) is 11.7 Å². The standard InChI is InChI=1S/C15H25N5O3/c16-14(21)15-17-13(23-18-15)11-20-5-2-1-3-12(20)4-6-19-7-9-22-10-8-19/h12H,1-11H2,(H2,16,21). The van der Waals surface area contributed by atoms with Gasteiger partial charge in [0, 0.05) is 19.1 Å². The summed E-state index contributed by atoms with van der Waals surface area (Å²) < 4.78 is 10.5. The maximum absolute atomic E-state index is 11.1. The van der Waals surface area contributed by atoms with Crippen molar-refractivity contribution in [2.45, 2.75) is 38.3 Å². The molecule has 128 valence electrons. The molecule has 1 unspecified atom stereocenters. The summed E-state index contributed by atoms with van der Waals surface area (Å²) in [5.74, 6) is -0.221. The predicted molar refractivity (Wildman–Crippen MR) is 82.7 cm³/mol. The van der Waals surface area contributed by atoms with E-state index in [1.807, 2.05) is 0 Å². The van der Waals surface area contributed by atoms with Gasteiger partial charge >= 0.3 is 0 Å². The summed E-state index contributed by atoms with van der Waals surface area (Å²) in [7, 11) is 0. The number of piperidine rings is 1. The van der Waals surface area contributed by atoms with Crippen molar-refractivity contribution in [1.82, 2.24) is 19.9 Å². The summed E-state index contributed by atoms with van der Waals surface area (Å²) >= 11 is 0. The third kappa shape index (κ3) is 4.49. The van der Waals surface area contributed by atoms with Gasteiger partial charge in [0.05, 0.1) is 19.8 Å². The molecule has 3 rings (SSSR count). The van der Waals surface area contributed by atoms with E-state index in [1.54, 1.807) is 0 Å². The van der Waals surface area contributed by atoms with Crippen LogP contribution < -0.4 is 5.73 Å². The molecular weight excluding hydrogens is 298 g/mol. The maximum Gasteiger partial charge on any atom is 0.290 e. The molecule has 1 aromatic heterocycles. The van der Waals surface area contributed by atoms with Gasteiger partial charge in [-0.2, -0.15) is 4.98 Å². The maximum atomic E-state index is 11.1. The first-order valence-electron chi connectivity index (χ1n) is 8.39. The smallest absolute Gasteiger partial charge is 0.290 e. The predicted octanol–water partition coefficient (Wildman–Crippen LogP) is 0.245. The molecule has 0 radical (unpaired) electrons. The van der Waals surface area contributed by atoms with Crippen molar-refractivity contribution in [2.75, 3.05) is 39.4 Å². The van der Waals surface area contributed by atoms with Crippen molar-refractivity contribution in [3.05, 3.63) is 11.7 Å². The number of nitrogens with two attached hydrogens (primary N) is 1. The minimum atomic E-state index is -0.650. The van der Waals surface area contributed by atoms with Crippen LogP contribution in [0.1, 0.15) is 42.2 Å². The Balaban J connectivity index is 1.53. The SMILES string of the molecule is NC(=O)c1noc(CN2CCCCC2CCN2CCOCC2)n1. The molecule has 0 bridgehead atoms. The number of nitrogens with zero attached hydrogens (tertiary/aromatic N) is 4. The summed E-state index contributed by atoms with van der Waals surface area (Å²) in [6.07, 6.45) is 4.78. The molecule has 2 aliphatic rings. The first-order chi connectivity index (χ1) is 11.2. The number of primary amides is 1. The van der Waals surface area contributed by atoms with Crippen molar-refractivity contribution in [3.63, 3.8) is 0 Å². The number of hydrogen-bond acceptors (Lipinski definition) is 7. The molecule has 1 amide bonds. The third-order valence-electron chi connectivity index (χ3n) is 4.66. The summed E-state index contributed by atoms with van der Waals surface area (Å²) in [5, 5.41) is 3.62. The Hall–Kier alpha value is -1.51. The minimum Gasteiger partial charge on any atom is -0.379 e. The Bertz CT molecular complexity index is 515. The van der Waals surface area contributed by atoms with Gasteiger partial charge in [-0.1, -0.05) is 11.6 Å². The molecule has 8 nitrogen and oxygen atoms in total. The molecule has 2 saturated heterocycles. The van der Waals surface area contributed by atoms with Crippen LogP contribution >= 0.6 is 0 Å². The fourth-order valence-corrected chi connectivity index (χ4v) is 3.34. The second-order valence-electron chi connectivity index (χ2n) is 6.24. The van der Waals surface area contributed by atoms with Crippen LogP contribution in [0.4, 0.5) is 0 Å². The van der Waals surface area contributed by atoms with Gasteiger partial charge < -0.3 is 15.0 Å². The van der Waals surface area contributed by atoms with Crippen LogP contribution in [0.25, 0.3) is 0 Å². The molecule has 0 aromatic carbocycles. The van der Waals surface area contributed by atoms with Gasteiger partial charge in [-0.15, -0.1) is 0 Å². The number of amides is 1. The van der Waals surface area contributed by atoms with Gasteiger partial charge in [-0.05, 0) is 32.4 Å². The van der Waals surface area contributed by atoms with Gasteiger partial charge in [0.15, 0.2) is 0 Å². The zero-order valence-corrected chi connectivity index (χ0v) is 13.4. The summed E-state index contributed by atoms with van der Waals surface area (Å²) in [5.41, 5.74) is 5.16. The van der Waals surface area contributed by atoms with E-state index in [0.29, 0.717) is 18.5 Å². The fraction of sp³-hybridized carbons (Fsp3) is 0.800. The Morgan fingerprint density at radius 3 is 2.83 bits per heavy atom. The number of carbonyl (C=O) groups excluding carboxylic acids is 1. The highest BCUT2D eigenvalue weighted by Gasteiger charge is 2.25. The lowest BCUT2D eigenvalue weighted by Gasteiger charge is -2.36. The molecule has 2 aliphatic heterocycles. The number of morpholine rings is 1. The van der Waals surface area contributed by atoms with E-state index in [1.165, 1.54) is 19.3 Å². The molecule has 2 fully saturated rings. The molecule has 0 saturated carbocycles. The van der Waals surface area contributed by atoms with Crippen LogP contribution in [0.15, 0.2) is 4.52 Å². The summed E-state index contributed by atoms with van der Waals surface area (Å²) in [4.78, 5) is 20.0. The first-order valence-corrected chi connectivity index (χ1v) is 8.39. The largest absolute Gasteiger partial charge is 0.379 e. The molecule has 3 heterocycles. The van der Waals surface area contributed by atoms with E-state index in [4.69, 9.17) is 15.0 Å². The Kier molecular flexibility index (Phi) is 5.58. The lowest BCUT2D eigenvalue weighted by Crippen LogP contribution is -2.43. The quantitative estimate of drug-likeness (QED) is 0.801. The summed E-state index contributed by atoms with van der Waals surface area (Å²) in [6.45, 7) is 6.45. The van der Waals surface area contributed by atoms with Crippen LogP contribution in [0, 0.1) is 0 Å². The van der Waals surface area contributed by atoms with Crippen molar-refractivity contribution < 1.29 is 14.1 Å². The zero-order chi connectivity index (χ0) is 16.1. The minimum absolute atomic E-state index is 0.0399. The number of hydrogen-bond donors (Lipinski definition) is 1. The van der Waals surface area contributed by atoms with Gasteiger partial charge in [-0.3, -0.25) is 14.6 Å². The van der Waals surface area contributed by atoms with Crippen molar-refractivity contribution >= 4 is 5.91 Å². The van der Waals surface area contributed by atoms with E-state index in [2.05, 4.69) is 19.9 Å². The van der Waals surface area contributed by atoms with Crippen LogP contribution in [0.3, 0.4) is 0 Å². The number of carbonyl (C=O) groups is 1. The molecule has 23 heavy (non-hydrogen) atoms. The number of likely N-dealkylation sites (tertiary alicyclic amines) is 1. The van der Waals surface area contributed by atoms with Crippen LogP contribution in [-0.4, -0.2) is 71.3 Å². The lowest BCUT2D eigenvalue weighted by molar-refractivity contribution is 0.0294. The van der Waals surface area contributed by atoms with Crippen molar-refractivity contribution in [1.29, 1.82) is 0 Å². The Labute approximate surface area is 135 Å². The highest BCUT2D eigenvalue weighted by Crippen LogP contribution is 2.22. The topological polar surface area (TPSA) is 97.7 Å². The number of ether oxygens (including phenoxy) is 1. The van der Waals surface area contributed by atoms with E-state index in [0.717, 1.165) is 45.8 Å². The van der Waals surface area contributed by atoms with Gasteiger partial charge in [-0.25, -0.2) is 0 Å². The second-order valence-corrected chi connectivity index (χ2v) is 6.24. The zero-order valence-electron chi connectivity index (χ0n) is 13.4. The summed E-state index contributed by atoms with van der Waals surface area (Å²) in [6, 6.07) is 0.524. The Morgan fingerprint density at radius 1 is 1.26 bits per heavy atom. The fourth-order valence-electron chi connectivity index (χ4n) is 3.34.